The Balaban J connectivity index is 1.32. The van der Waals surface area contributed by atoms with Crippen LogP contribution in [0.1, 0.15) is 41.1 Å². The maximum atomic E-state index is 12.6. The van der Waals surface area contributed by atoms with E-state index in [1.807, 2.05) is 48.5 Å². The third-order valence-corrected chi connectivity index (χ3v) is 8.71. The van der Waals surface area contributed by atoms with Crippen LogP contribution in [0, 0.1) is 0 Å². The minimum Gasteiger partial charge on any atom is -0.392 e. The number of nitrogens with zero attached hydrogens (tertiary/aromatic N) is 2. The molecule has 0 saturated carbocycles. The maximum Gasteiger partial charge on any atom is 0.240 e. The summed E-state index contributed by atoms with van der Waals surface area (Å²) in [7, 11) is -3.61. The van der Waals surface area contributed by atoms with E-state index in [0.717, 1.165) is 22.3 Å². The monoisotopic (exact) mass is 587 g/mol. The molecule has 11 heteroatoms. The van der Waals surface area contributed by atoms with E-state index < -0.39 is 16.3 Å². The largest absolute Gasteiger partial charge is 0.392 e. The van der Waals surface area contributed by atoms with E-state index in [2.05, 4.69) is 9.71 Å². The normalized spacial score (nSPS) is 19.7. The second kappa shape index (κ2) is 12.2. The van der Waals surface area contributed by atoms with Crippen LogP contribution in [0.2, 0.25) is 10.3 Å². The third-order valence-electron chi connectivity index (χ3n) is 6.52. The Morgan fingerprint density at radius 3 is 2.23 bits per heavy atom. The van der Waals surface area contributed by atoms with Gasteiger partial charge < -0.3 is 19.1 Å². The molecule has 5 rings (SSSR count). The number of aromatic nitrogens is 2. The Hall–Kier alpha value is -2.76. The van der Waals surface area contributed by atoms with E-state index >= 15 is 0 Å². The summed E-state index contributed by atoms with van der Waals surface area (Å²) in [5.74, 6) is 0. The number of sulfonamides is 1. The van der Waals surface area contributed by atoms with Crippen molar-refractivity contribution in [2.45, 2.75) is 49.5 Å². The summed E-state index contributed by atoms with van der Waals surface area (Å²) in [6.45, 7) is 0.545. The van der Waals surface area contributed by atoms with Crippen LogP contribution in [0.5, 0.6) is 0 Å². The van der Waals surface area contributed by atoms with Crippen molar-refractivity contribution in [1.29, 1.82) is 0 Å². The van der Waals surface area contributed by atoms with Gasteiger partial charge in [-0.25, -0.2) is 18.1 Å². The molecule has 4 aromatic rings. The minimum absolute atomic E-state index is 0.0338. The summed E-state index contributed by atoms with van der Waals surface area (Å²) < 4.78 is 42.2. The van der Waals surface area contributed by atoms with Crippen molar-refractivity contribution in [1.82, 2.24) is 14.3 Å². The second-order valence-electron chi connectivity index (χ2n) is 9.21. The van der Waals surface area contributed by atoms with Gasteiger partial charge in [-0.3, -0.25) is 0 Å². The lowest BCUT2D eigenvalue weighted by atomic mass is 10.00. The Morgan fingerprint density at radius 2 is 1.59 bits per heavy atom. The number of benzene rings is 3. The number of halogens is 2. The molecule has 1 aliphatic rings. The fourth-order valence-electron chi connectivity index (χ4n) is 4.38. The Morgan fingerprint density at radius 1 is 0.923 bits per heavy atom. The lowest BCUT2D eigenvalue weighted by molar-refractivity contribution is -0.252. The van der Waals surface area contributed by atoms with Crippen LogP contribution in [0.15, 0.2) is 90.1 Å². The van der Waals surface area contributed by atoms with E-state index in [9.17, 15) is 13.5 Å². The van der Waals surface area contributed by atoms with Crippen LogP contribution < -0.4 is 4.72 Å². The van der Waals surface area contributed by atoms with Crippen molar-refractivity contribution in [3.8, 4) is 0 Å². The van der Waals surface area contributed by atoms with E-state index in [1.165, 1.54) is 0 Å². The molecule has 2 heterocycles. The van der Waals surface area contributed by atoms with Crippen LogP contribution >= 0.6 is 23.2 Å². The molecule has 3 aromatic carbocycles. The zero-order valence-electron chi connectivity index (χ0n) is 20.8. The molecule has 1 saturated heterocycles. The van der Waals surface area contributed by atoms with Crippen molar-refractivity contribution in [2.75, 3.05) is 0 Å². The average Bonchev–Trinajstić information content (AvgIpc) is 3.29. The number of aliphatic hydroxyl groups excluding tert-OH is 1. The first-order valence-electron chi connectivity index (χ1n) is 12.3. The standard InChI is InChI=1S/C28H27Cl2N3O5S/c29-26-27(30)33(18-31-26)16-23-14-25(21-10-8-20(17-34)9-11-21)38-28(37-23)22-12-6-19(7-13-22)15-32-39(35,36)24-4-2-1-3-5-24/h1-13,18,23,25,28,32,34H,14-17H2/t23-,25+,28?/m0/s1. The molecule has 1 aromatic heterocycles. The molecule has 0 bridgehead atoms. The van der Waals surface area contributed by atoms with Crippen LogP contribution in [0.25, 0.3) is 0 Å². The van der Waals surface area contributed by atoms with Crippen LogP contribution in [-0.2, 0) is 39.2 Å². The number of nitrogens with one attached hydrogen (secondary N) is 1. The molecule has 2 N–H and O–H groups in total. The van der Waals surface area contributed by atoms with Gasteiger partial charge in [0.05, 0.1) is 36.6 Å². The van der Waals surface area contributed by atoms with E-state index in [4.69, 9.17) is 32.7 Å². The van der Waals surface area contributed by atoms with E-state index in [-0.39, 0.29) is 35.4 Å². The molecule has 8 nitrogen and oxygen atoms in total. The van der Waals surface area contributed by atoms with Gasteiger partial charge in [0.1, 0.15) is 5.15 Å². The van der Waals surface area contributed by atoms with Gasteiger partial charge in [0.2, 0.25) is 10.0 Å². The SMILES string of the molecule is O=S(=O)(NCc1ccc(C2O[C@H](Cn3cnc(Cl)c3Cl)C[C@H](c3ccc(CO)cc3)O2)cc1)c1ccccc1. The summed E-state index contributed by atoms with van der Waals surface area (Å²) in [4.78, 5) is 4.27. The average molecular weight is 589 g/mol. The summed E-state index contributed by atoms with van der Waals surface area (Å²) in [6.07, 6.45) is 0.956. The molecule has 39 heavy (non-hydrogen) atoms. The fraction of sp³-hybridized carbons (Fsp3) is 0.250. The molecule has 1 aliphatic heterocycles. The minimum atomic E-state index is -3.61. The van der Waals surface area contributed by atoms with Crippen LogP contribution in [0.3, 0.4) is 0 Å². The number of imidazole rings is 1. The number of hydrogen-bond donors (Lipinski definition) is 2. The van der Waals surface area contributed by atoms with Gasteiger partial charge in [0, 0.05) is 18.5 Å². The molecule has 1 fully saturated rings. The first kappa shape index (κ1) is 27.8. The second-order valence-corrected chi connectivity index (χ2v) is 11.7. The molecule has 0 amide bonds. The quantitative estimate of drug-likeness (QED) is 0.271. The topological polar surface area (TPSA) is 103 Å². The molecular weight excluding hydrogens is 561 g/mol. The lowest BCUT2D eigenvalue weighted by Crippen LogP contribution is -2.32. The number of aliphatic hydroxyl groups is 1. The number of hydrogen-bond acceptors (Lipinski definition) is 6. The zero-order valence-corrected chi connectivity index (χ0v) is 23.1. The molecule has 204 valence electrons. The van der Waals surface area contributed by atoms with Gasteiger partial charge in [0.15, 0.2) is 11.4 Å². The molecule has 1 unspecified atom stereocenters. The van der Waals surface area contributed by atoms with E-state index in [0.29, 0.717) is 18.1 Å². The maximum absolute atomic E-state index is 12.6. The first-order valence-corrected chi connectivity index (χ1v) is 14.6. The van der Waals surface area contributed by atoms with Crippen molar-refractivity contribution in [3.63, 3.8) is 0 Å². The molecule has 3 atom stereocenters. The molecular formula is C28H27Cl2N3O5S. The van der Waals surface area contributed by atoms with Crippen LogP contribution in [-0.4, -0.2) is 29.2 Å². The Labute approximate surface area is 237 Å². The van der Waals surface area contributed by atoms with Gasteiger partial charge in [-0.05, 0) is 28.8 Å². The highest BCUT2D eigenvalue weighted by atomic mass is 35.5. The fourth-order valence-corrected chi connectivity index (χ4v) is 5.73. The van der Waals surface area contributed by atoms with Gasteiger partial charge in [-0.1, -0.05) is 89.9 Å². The summed E-state index contributed by atoms with van der Waals surface area (Å²) in [6, 6.07) is 23.3. The Bertz CT molecular complexity index is 1500. The highest BCUT2D eigenvalue weighted by Crippen LogP contribution is 2.39. The molecule has 0 radical (unpaired) electrons. The third kappa shape index (κ3) is 6.70. The number of rotatable bonds is 9. The predicted molar refractivity (Wildman–Crippen MR) is 148 cm³/mol. The van der Waals surface area contributed by atoms with Crippen molar-refractivity contribution in [3.05, 3.63) is 118 Å². The number of ether oxygens (including phenoxy) is 2. The molecule has 0 aliphatic carbocycles. The van der Waals surface area contributed by atoms with Gasteiger partial charge in [-0.15, -0.1) is 0 Å². The Kier molecular flexibility index (Phi) is 8.68. The van der Waals surface area contributed by atoms with Crippen molar-refractivity contribution >= 4 is 33.2 Å². The smallest absolute Gasteiger partial charge is 0.240 e. The highest BCUT2D eigenvalue weighted by Gasteiger charge is 2.33. The zero-order chi connectivity index (χ0) is 27.4. The molecule has 0 spiro atoms. The highest BCUT2D eigenvalue weighted by molar-refractivity contribution is 7.89. The summed E-state index contributed by atoms with van der Waals surface area (Å²) in [5, 5.41) is 9.98. The van der Waals surface area contributed by atoms with Crippen molar-refractivity contribution < 1.29 is 23.0 Å². The summed E-state index contributed by atoms with van der Waals surface area (Å²) in [5.41, 5.74) is 3.37. The van der Waals surface area contributed by atoms with Gasteiger partial charge in [0.25, 0.3) is 0 Å². The van der Waals surface area contributed by atoms with Crippen LogP contribution in [0.4, 0.5) is 0 Å². The lowest BCUT2D eigenvalue weighted by Gasteiger charge is -2.36. The van der Waals surface area contributed by atoms with Crippen molar-refractivity contribution in [2.24, 2.45) is 0 Å². The predicted octanol–water partition coefficient (Wildman–Crippen LogP) is 5.41. The van der Waals surface area contributed by atoms with E-state index in [1.54, 1.807) is 41.2 Å². The summed E-state index contributed by atoms with van der Waals surface area (Å²) >= 11 is 12.3. The van der Waals surface area contributed by atoms with Gasteiger partial charge >= 0.3 is 0 Å². The van der Waals surface area contributed by atoms with Gasteiger partial charge in [-0.2, -0.15) is 0 Å². The first-order chi connectivity index (χ1) is 18.8.